The lowest BCUT2D eigenvalue weighted by Crippen LogP contribution is -2.39. The van der Waals surface area contributed by atoms with E-state index < -0.39 is 11.5 Å². The van der Waals surface area contributed by atoms with E-state index in [1.807, 2.05) is 20.8 Å². The zero-order valence-corrected chi connectivity index (χ0v) is 15.4. The van der Waals surface area contributed by atoms with Crippen LogP contribution in [0.25, 0.3) is 5.65 Å². The van der Waals surface area contributed by atoms with Crippen LogP contribution >= 0.6 is 0 Å². The Bertz CT molecular complexity index is 1110. The summed E-state index contributed by atoms with van der Waals surface area (Å²) in [6, 6.07) is 2.96. The average molecular weight is 368 g/mol. The van der Waals surface area contributed by atoms with Crippen molar-refractivity contribution >= 4 is 11.6 Å². The first-order valence-electron chi connectivity index (χ1n) is 8.73. The maximum atomic E-state index is 12.9. The van der Waals surface area contributed by atoms with Gasteiger partial charge in [-0.05, 0) is 12.1 Å². The molecule has 0 unspecified atom stereocenters. The molecule has 0 saturated carbocycles. The third kappa shape index (κ3) is 2.87. The Morgan fingerprint density at radius 1 is 1.33 bits per heavy atom. The number of carbonyl (C=O) groups is 1. The number of pyridine rings is 1. The molecular weight excluding hydrogens is 348 g/mol. The second-order valence-corrected chi connectivity index (χ2v) is 7.68. The monoisotopic (exact) mass is 368 g/mol. The summed E-state index contributed by atoms with van der Waals surface area (Å²) in [6.45, 7) is 6.78. The number of aromatic nitrogens is 3. The van der Waals surface area contributed by atoms with E-state index in [0.29, 0.717) is 18.9 Å². The molecule has 1 amide bonds. The van der Waals surface area contributed by atoms with Gasteiger partial charge in [-0.15, -0.1) is 0 Å². The highest BCUT2D eigenvalue weighted by Crippen LogP contribution is 2.27. The minimum absolute atomic E-state index is 0.0407. The zero-order valence-electron chi connectivity index (χ0n) is 15.4. The molecule has 4 heterocycles. The van der Waals surface area contributed by atoms with Gasteiger partial charge in [-0.25, -0.2) is 9.97 Å². The van der Waals surface area contributed by atoms with Crippen LogP contribution in [0.1, 0.15) is 48.5 Å². The van der Waals surface area contributed by atoms with Crippen LogP contribution in [0.15, 0.2) is 33.7 Å². The first-order chi connectivity index (χ1) is 12.8. The summed E-state index contributed by atoms with van der Waals surface area (Å²) in [7, 11) is 0. The summed E-state index contributed by atoms with van der Waals surface area (Å²) in [4.78, 5) is 35.8. The van der Waals surface area contributed by atoms with Crippen LogP contribution < -0.4 is 5.56 Å². The van der Waals surface area contributed by atoms with Crippen LogP contribution in [-0.4, -0.2) is 36.8 Å². The van der Waals surface area contributed by atoms with Crippen LogP contribution in [0.2, 0.25) is 0 Å². The van der Waals surface area contributed by atoms with Crippen molar-refractivity contribution in [3.63, 3.8) is 0 Å². The minimum Gasteiger partial charge on any atom is -0.504 e. The molecule has 0 saturated heterocycles. The summed E-state index contributed by atoms with van der Waals surface area (Å²) < 4.78 is 7.02. The molecule has 1 aliphatic rings. The number of amides is 1. The van der Waals surface area contributed by atoms with Gasteiger partial charge in [0.05, 0.1) is 6.54 Å². The summed E-state index contributed by atoms with van der Waals surface area (Å²) >= 11 is 0. The summed E-state index contributed by atoms with van der Waals surface area (Å²) in [6.07, 6.45) is 3.24. The van der Waals surface area contributed by atoms with E-state index in [4.69, 9.17) is 4.42 Å². The fourth-order valence-corrected chi connectivity index (χ4v) is 3.10. The molecular formula is C19H20N4O4. The molecule has 0 spiro atoms. The van der Waals surface area contributed by atoms with Crippen molar-refractivity contribution < 1.29 is 14.3 Å². The van der Waals surface area contributed by atoms with Gasteiger partial charge < -0.3 is 14.4 Å². The number of fused-ring (bicyclic) bond motifs is 2. The second-order valence-electron chi connectivity index (χ2n) is 7.68. The zero-order chi connectivity index (χ0) is 19.3. The first-order valence-corrected chi connectivity index (χ1v) is 8.73. The Morgan fingerprint density at radius 2 is 2.11 bits per heavy atom. The molecule has 140 valence electrons. The van der Waals surface area contributed by atoms with Crippen molar-refractivity contribution in [2.75, 3.05) is 6.54 Å². The predicted molar refractivity (Wildman–Crippen MR) is 96.8 cm³/mol. The molecule has 8 heteroatoms. The number of aromatic hydroxyl groups is 1. The lowest BCUT2D eigenvalue weighted by molar-refractivity contribution is 0.0725. The van der Waals surface area contributed by atoms with Crippen LogP contribution in [0.3, 0.4) is 0 Å². The smallest absolute Gasteiger partial charge is 0.270 e. The molecule has 0 aliphatic carbocycles. The minimum atomic E-state index is -0.512. The summed E-state index contributed by atoms with van der Waals surface area (Å²) in [5.41, 5.74) is 0.0792. The van der Waals surface area contributed by atoms with Crippen molar-refractivity contribution in [1.82, 2.24) is 19.3 Å². The summed E-state index contributed by atoms with van der Waals surface area (Å²) in [5.74, 6) is 0.914. The van der Waals surface area contributed by atoms with E-state index in [1.54, 1.807) is 4.90 Å². The number of nitrogens with zero attached hydrogens (tertiary/aromatic N) is 4. The highest BCUT2D eigenvalue weighted by molar-refractivity contribution is 5.94. The third-order valence-electron chi connectivity index (χ3n) is 4.60. The maximum Gasteiger partial charge on any atom is 0.270 e. The van der Waals surface area contributed by atoms with Crippen molar-refractivity contribution in [1.29, 1.82) is 0 Å². The largest absolute Gasteiger partial charge is 0.504 e. The standard InChI is InChI=1S/C19H20N4O4/c1-19(2,3)18-21-12-10-22(8-6-14(12)27-18)16(25)11-9-20-15-13(24)5-4-7-23(15)17(11)26/h4-5,7,9,24H,6,8,10H2,1-3H3. The number of oxazole rings is 1. The molecule has 1 N–H and O–H groups in total. The summed E-state index contributed by atoms with van der Waals surface area (Å²) in [5, 5.41) is 9.81. The molecule has 0 bridgehead atoms. The molecule has 3 aromatic heterocycles. The van der Waals surface area contributed by atoms with Gasteiger partial charge in [0.25, 0.3) is 11.5 Å². The van der Waals surface area contributed by atoms with Crippen molar-refractivity contribution in [2.45, 2.75) is 39.2 Å². The SMILES string of the molecule is CC(C)(C)c1nc2c(o1)CCN(C(=O)c1cnc3c(O)cccn3c1=O)C2. The Balaban J connectivity index is 1.67. The second kappa shape index (κ2) is 5.94. The van der Waals surface area contributed by atoms with E-state index in [-0.39, 0.29) is 28.9 Å². The fraction of sp³-hybridized carbons (Fsp3) is 0.368. The molecule has 8 nitrogen and oxygen atoms in total. The van der Waals surface area contributed by atoms with Gasteiger partial charge in [0.1, 0.15) is 17.0 Å². The highest BCUT2D eigenvalue weighted by Gasteiger charge is 2.30. The lowest BCUT2D eigenvalue weighted by Gasteiger charge is -2.25. The van der Waals surface area contributed by atoms with Crippen LogP contribution in [0, 0.1) is 0 Å². The topological polar surface area (TPSA) is 101 Å². The average Bonchev–Trinajstić information content (AvgIpc) is 3.06. The first kappa shape index (κ1) is 17.3. The quantitative estimate of drug-likeness (QED) is 0.704. The predicted octanol–water partition coefficient (Wildman–Crippen LogP) is 1.88. The van der Waals surface area contributed by atoms with E-state index >= 15 is 0 Å². The molecule has 1 aliphatic heterocycles. The Kier molecular flexibility index (Phi) is 3.80. The molecule has 27 heavy (non-hydrogen) atoms. The molecule has 0 aromatic carbocycles. The van der Waals surface area contributed by atoms with Crippen LogP contribution in [0.5, 0.6) is 5.75 Å². The molecule has 4 rings (SSSR count). The van der Waals surface area contributed by atoms with Gasteiger partial charge in [0.15, 0.2) is 17.3 Å². The van der Waals surface area contributed by atoms with E-state index in [9.17, 15) is 14.7 Å². The number of hydrogen-bond donors (Lipinski definition) is 1. The molecule has 0 radical (unpaired) electrons. The van der Waals surface area contributed by atoms with Gasteiger partial charge in [0, 0.05) is 30.8 Å². The van der Waals surface area contributed by atoms with Gasteiger partial charge >= 0.3 is 0 Å². The number of hydrogen-bond acceptors (Lipinski definition) is 6. The van der Waals surface area contributed by atoms with Crippen LogP contribution in [-0.2, 0) is 18.4 Å². The van der Waals surface area contributed by atoms with Gasteiger partial charge in [-0.3, -0.25) is 14.0 Å². The number of rotatable bonds is 1. The Hall–Kier alpha value is -3.16. The van der Waals surface area contributed by atoms with Gasteiger partial charge in [0.2, 0.25) is 0 Å². The Labute approximate surface area is 155 Å². The number of carbonyl (C=O) groups excluding carboxylic acids is 1. The van der Waals surface area contributed by atoms with Gasteiger partial charge in [-0.1, -0.05) is 20.8 Å². The molecule has 3 aromatic rings. The van der Waals surface area contributed by atoms with Crippen molar-refractivity contribution in [3.8, 4) is 5.75 Å². The molecule has 0 fully saturated rings. The highest BCUT2D eigenvalue weighted by atomic mass is 16.4. The van der Waals surface area contributed by atoms with Crippen LogP contribution in [0.4, 0.5) is 0 Å². The maximum absolute atomic E-state index is 12.9. The van der Waals surface area contributed by atoms with E-state index in [1.165, 1.54) is 28.9 Å². The van der Waals surface area contributed by atoms with E-state index in [0.717, 1.165) is 11.5 Å². The Morgan fingerprint density at radius 3 is 2.85 bits per heavy atom. The normalized spacial score (nSPS) is 14.4. The molecule has 0 atom stereocenters. The van der Waals surface area contributed by atoms with Crippen molar-refractivity contribution in [2.24, 2.45) is 0 Å². The third-order valence-corrected chi connectivity index (χ3v) is 4.60. The van der Waals surface area contributed by atoms with Crippen molar-refractivity contribution in [3.05, 3.63) is 57.8 Å². The lowest BCUT2D eigenvalue weighted by atomic mass is 9.97. The van der Waals surface area contributed by atoms with E-state index in [2.05, 4.69) is 9.97 Å². The van der Waals surface area contributed by atoms with Gasteiger partial charge in [-0.2, -0.15) is 0 Å². The fourth-order valence-electron chi connectivity index (χ4n) is 3.10.